The molecule has 3 aromatic heterocycles. The third kappa shape index (κ3) is 6.84. The maximum absolute atomic E-state index is 13.4. The second-order valence-electron chi connectivity index (χ2n) is 9.10. The Kier molecular flexibility index (Phi) is 9.17. The van der Waals surface area contributed by atoms with Crippen LogP contribution in [0, 0.1) is 0 Å². The number of nitrogens with zero attached hydrogens (tertiary/aromatic N) is 4. The summed E-state index contributed by atoms with van der Waals surface area (Å²) in [6.45, 7) is 3.43. The molecule has 0 saturated carbocycles. The zero-order valence-corrected chi connectivity index (χ0v) is 22.7. The summed E-state index contributed by atoms with van der Waals surface area (Å²) in [4.78, 5) is 39.1. The van der Waals surface area contributed by atoms with E-state index in [4.69, 9.17) is 10.6 Å². The van der Waals surface area contributed by atoms with Gasteiger partial charge in [-0.25, -0.2) is 25.6 Å². The molecule has 0 aliphatic carbocycles. The van der Waals surface area contributed by atoms with Crippen LogP contribution in [-0.4, -0.2) is 64.6 Å². The molecule has 5 N–H and O–H groups in total. The number of amides is 3. The first-order valence-electron chi connectivity index (χ1n) is 12.5. The zero-order valence-electron chi connectivity index (χ0n) is 21.8. The lowest BCUT2D eigenvalue weighted by molar-refractivity contribution is -0.140. The van der Waals surface area contributed by atoms with E-state index in [1.807, 2.05) is 5.43 Å². The van der Waals surface area contributed by atoms with Gasteiger partial charge in [0, 0.05) is 47.1 Å². The molecule has 0 radical (unpaired) electrons. The maximum atomic E-state index is 13.4. The van der Waals surface area contributed by atoms with Crippen LogP contribution in [0.4, 0.5) is 23.8 Å². The number of rotatable bonds is 9. The van der Waals surface area contributed by atoms with Gasteiger partial charge in [-0.2, -0.15) is 13.2 Å². The van der Waals surface area contributed by atoms with Gasteiger partial charge in [0.2, 0.25) is 5.88 Å². The number of nitrogen functional groups attached to an aromatic ring is 1. The second-order valence-corrected chi connectivity index (χ2v) is 9.96. The molecule has 1 unspecified atom stereocenters. The molecule has 40 heavy (non-hydrogen) atoms. The van der Waals surface area contributed by atoms with Crippen molar-refractivity contribution in [3.8, 4) is 27.6 Å². The number of alkyl halides is 3. The van der Waals surface area contributed by atoms with Crippen molar-refractivity contribution in [2.75, 3.05) is 32.1 Å². The molecule has 11 nitrogen and oxygen atoms in total. The van der Waals surface area contributed by atoms with Crippen molar-refractivity contribution in [3.63, 3.8) is 0 Å². The van der Waals surface area contributed by atoms with Crippen LogP contribution in [-0.2, 0) is 6.18 Å². The van der Waals surface area contributed by atoms with Gasteiger partial charge in [-0.15, -0.1) is 11.3 Å². The topological polar surface area (TPSA) is 147 Å². The SMILES string of the molecule is CCNC(=O)Nc1cc(-c2nc(C(F)(F)F)cs2)c(-c2cc(C(=O)NN)cnc2OCCC2CCCN2C)cn1. The molecule has 0 aromatic carbocycles. The molecule has 3 amide bonds. The summed E-state index contributed by atoms with van der Waals surface area (Å²) in [5, 5.41) is 6.05. The summed E-state index contributed by atoms with van der Waals surface area (Å²) in [6.07, 6.45) is 0.912. The summed E-state index contributed by atoms with van der Waals surface area (Å²) in [5.41, 5.74) is 1.93. The molecule has 15 heteroatoms. The monoisotopic (exact) mass is 578 g/mol. The Morgan fingerprint density at radius 1 is 1.20 bits per heavy atom. The predicted octanol–water partition coefficient (Wildman–Crippen LogP) is 3.89. The van der Waals surface area contributed by atoms with Crippen LogP contribution in [0.25, 0.3) is 21.7 Å². The van der Waals surface area contributed by atoms with Crippen LogP contribution in [0.3, 0.4) is 0 Å². The molecule has 1 atom stereocenters. The van der Waals surface area contributed by atoms with E-state index in [0.29, 0.717) is 30.3 Å². The lowest BCUT2D eigenvalue weighted by atomic mass is 10.0. The largest absolute Gasteiger partial charge is 0.477 e. The lowest BCUT2D eigenvalue weighted by Gasteiger charge is -2.20. The summed E-state index contributed by atoms with van der Waals surface area (Å²) < 4.78 is 46.2. The van der Waals surface area contributed by atoms with Gasteiger partial charge in [0.05, 0.1) is 12.2 Å². The number of ether oxygens (including phenoxy) is 1. The standard InChI is InChI=1S/C25H29F3N8O3S/c1-3-30-24(38)34-20-10-17(23-33-19(13-40-23)25(26,27)28)18(12-31-20)16-9-14(21(37)35-29)11-32-22(16)39-8-6-15-5-4-7-36(15)2/h9-13,15H,3-8,29H2,1-2H3,(H,35,37)(H2,30,31,34,38). The van der Waals surface area contributed by atoms with Crippen molar-refractivity contribution in [1.29, 1.82) is 0 Å². The second kappa shape index (κ2) is 12.6. The highest BCUT2D eigenvalue weighted by Crippen LogP contribution is 2.41. The van der Waals surface area contributed by atoms with Gasteiger partial charge < -0.3 is 15.0 Å². The fourth-order valence-corrected chi connectivity index (χ4v) is 5.22. The number of halogens is 3. The van der Waals surface area contributed by atoms with E-state index in [-0.39, 0.29) is 27.8 Å². The van der Waals surface area contributed by atoms with Gasteiger partial charge in [-0.1, -0.05) is 0 Å². The number of thiazole rings is 1. The van der Waals surface area contributed by atoms with E-state index in [2.05, 4.69) is 37.5 Å². The quantitative estimate of drug-likeness (QED) is 0.170. The first-order valence-corrected chi connectivity index (χ1v) is 13.4. The fourth-order valence-electron chi connectivity index (χ4n) is 4.37. The van der Waals surface area contributed by atoms with E-state index >= 15 is 0 Å². The lowest BCUT2D eigenvalue weighted by Crippen LogP contribution is -2.30. The highest BCUT2D eigenvalue weighted by Gasteiger charge is 2.34. The number of nitrogens with two attached hydrogens (primary N) is 1. The van der Waals surface area contributed by atoms with Gasteiger partial charge in [0.15, 0.2) is 5.69 Å². The van der Waals surface area contributed by atoms with Crippen LogP contribution in [0.15, 0.2) is 29.9 Å². The van der Waals surface area contributed by atoms with Crippen LogP contribution in [0.1, 0.15) is 42.2 Å². The van der Waals surface area contributed by atoms with E-state index in [1.54, 1.807) is 6.92 Å². The number of hydrogen-bond acceptors (Lipinski definition) is 9. The third-order valence-electron chi connectivity index (χ3n) is 6.40. The highest BCUT2D eigenvalue weighted by molar-refractivity contribution is 7.13. The van der Waals surface area contributed by atoms with E-state index < -0.39 is 23.8 Å². The van der Waals surface area contributed by atoms with Gasteiger partial charge in [0.25, 0.3) is 5.91 Å². The minimum atomic E-state index is -4.65. The molecule has 0 spiro atoms. The average molecular weight is 579 g/mol. The van der Waals surface area contributed by atoms with Crippen LogP contribution in [0.2, 0.25) is 0 Å². The Bertz CT molecular complexity index is 1370. The van der Waals surface area contributed by atoms with E-state index in [1.165, 1.54) is 24.5 Å². The Morgan fingerprint density at radius 2 is 2.00 bits per heavy atom. The number of hydrazine groups is 1. The number of anilines is 1. The van der Waals surface area contributed by atoms with Gasteiger partial charge >= 0.3 is 12.2 Å². The van der Waals surface area contributed by atoms with E-state index in [0.717, 1.165) is 42.5 Å². The number of carbonyl (C=O) groups is 2. The Labute approximate surface area is 232 Å². The van der Waals surface area contributed by atoms with Crippen molar-refractivity contribution in [3.05, 3.63) is 41.2 Å². The van der Waals surface area contributed by atoms with Crippen molar-refractivity contribution in [2.24, 2.45) is 5.84 Å². The molecular formula is C25H29F3N8O3S. The Morgan fingerprint density at radius 3 is 2.65 bits per heavy atom. The molecular weight excluding hydrogens is 549 g/mol. The number of pyridine rings is 2. The molecule has 3 aromatic rings. The van der Waals surface area contributed by atoms with Gasteiger partial charge in [-0.3, -0.25) is 15.5 Å². The van der Waals surface area contributed by atoms with Crippen LogP contribution in [0.5, 0.6) is 5.88 Å². The predicted molar refractivity (Wildman–Crippen MR) is 144 cm³/mol. The summed E-state index contributed by atoms with van der Waals surface area (Å²) in [5.74, 6) is 4.94. The van der Waals surface area contributed by atoms with Crippen molar-refractivity contribution in [2.45, 2.75) is 38.4 Å². The highest BCUT2D eigenvalue weighted by atomic mass is 32.1. The summed E-state index contributed by atoms with van der Waals surface area (Å²) in [6, 6.07) is 2.71. The molecule has 4 rings (SSSR count). The van der Waals surface area contributed by atoms with Gasteiger partial charge in [-0.05, 0) is 51.9 Å². The first-order chi connectivity index (χ1) is 19.1. The number of aromatic nitrogens is 3. The van der Waals surface area contributed by atoms with Crippen LogP contribution < -0.4 is 26.6 Å². The fraction of sp³-hybridized carbons (Fsp3) is 0.400. The molecule has 1 aliphatic rings. The molecule has 1 aliphatic heterocycles. The summed E-state index contributed by atoms with van der Waals surface area (Å²) >= 11 is 0.779. The molecule has 1 saturated heterocycles. The third-order valence-corrected chi connectivity index (χ3v) is 7.28. The van der Waals surface area contributed by atoms with E-state index in [9.17, 15) is 22.8 Å². The first kappa shape index (κ1) is 29.2. The molecule has 4 heterocycles. The average Bonchev–Trinajstić information content (AvgIpc) is 3.58. The van der Waals surface area contributed by atoms with Crippen molar-refractivity contribution >= 4 is 29.1 Å². The normalized spacial score (nSPS) is 15.6. The number of nitrogens with one attached hydrogen (secondary N) is 3. The number of likely N-dealkylation sites (tertiary alicyclic amines) is 1. The Hall–Kier alpha value is -3.82. The number of urea groups is 1. The van der Waals surface area contributed by atoms with Crippen molar-refractivity contribution < 1.29 is 27.5 Å². The molecule has 1 fully saturated rings. The van der Waals surface area contributed by atoms with Gasteiger partial charge in [0.1, 0.15) is 10.8 Å². The van der Waals surface area contributed by atoms with Crippen LogP contribution >= 0.6 is 11.3 Å². The maximum Gasteiger partial charge on any atom is 0.434 e. The summed E-state index contributed by atoms with van der Waals surface area (Å²) in [7, 11) is 2.05. The molecule has 214 valence electrons. The minimum Gasteiger partial charge on any atom is -0.477 e. The number of carbonyl (C=O) groups excluding carboxylic acids is 2. The zero-order chi connectivity index (χ0) is 28.9. The smallest absolute Gasteiger partial charge is 0.434 e. The minimum absolute atomic E-state index is 0.0240. The number of hydrogen-bond donors (Lipinski definition) is 4. The molecule has 0 bridgehead atoms. The Balaban J connectivity index is 1.78. The van der Waals surface area contributed by atoms with Crippen molar-refractivity contribution in [1.82, 2.24) is 30.6 Å².